The Hall–Kier alpha value is -1.40. The number of amides is 2. The van der Waals surface area contributed by atoms with Gasteiger partial charge in [-0.25, -0.2) is 0 Å². The summed E-state index contributed by atoms with van der Waals surface area (Å²) in [5, 5.41) is 12.4. The fraction of sp³-hybridized carbons (Fsp3) is 0.500. The molecule has 2 N–H and O–H groups in total. The zero-order chi connectivity index (χ0) is 15.3. The van der Waals surface area contributed by atoms with Gasteiger partial charge in [0.25, 0.3) is 5.91 Å². The number of hydrogen-bond acceptors (Lipinski definition) is 4. The number of hydrogen-bond donors (Lipinski definition) is 2. The number of rotatable bonds is 4. The highest BCUT2D eigenvalue weighted by Gasteiger charge is 2.15. The quantitative estimate of drug-likeness (QED) is 0.886. The van der Waals surface area contributed by atoms with Crippen LogP contribution in [0.15, 0.2) is 6.07 Å². The van der Waals surface area contributed by atoms with Crippen molar-refractivity contribution in [2.45, 2.75) is 32.7 Å². The largest absolute Gasteiger partial charge is 0.351 e. The van der Waals surface area contributed by atoms with Crippen molar-refractivity contribution in [3.8, 4) is 0 Å². The van der Waals surface area contributed by atoms with Gasteiger partial charge in [0, 0.05) is 18.5 Å². The fourth-order valence-corrected chi connectivity index (χ4v) is 1.70. The van der Waals surface area contributed by atoms with Crippen molar-refractivity contribution < 1.29 is 9.59 Å². The first-order chi connectivity index (χ1) is 9.19. The van der Waals surface area contributed by atoms with Crippen LogP contribution in [-0.4, -0.2) is 34.1 Å². The Balaban J connectivity index is 2.48. The maximum Gasteiger partial charge on any atom is 0.254 e. The summed E-state index contributed by atoms with van der Waals surface area (Å²) in [6.07, 6.45) is 0.173. The van der Waals surface area contributed by atoms with Gasteiger partial charge in [0.1, 0.15) is 0 Å². The first kappa shape index (κ1) is 16.7. The monoisotopic (exact) mass is 318 g/mol. The summed E-state index contributed by atoms with van der Waals surface area (Å²) in [4.78, 5) is 23.4. The van der Waals surface area contributed by atoms with E-state index in [0.717, 1.165) is 0 Å². The second kappa shape index (κ2) is 6.85. The van der Waals surface area contributed by atoms with Crippen molar-refractivity contribution in [2.24, 2.45) is 0 Å². The Kier molecular flexibility index (Phi) is 5.71. The molecule has 0 fully saturated rings. The molecule has 0 saturated heterocycles. The lowest BCUT2D eigenvalue weighted by Gasteiger charge is -2.20. The molecule has 1 aromatic rings. The van der Waals surface area contributed by atoms with Gasteiger partial charge in [0.05, 0.1) is 5.56 Å². The molecule has 0 aromatic carbocycles. The Morgan fingerprint density at radius 3 is 2.50 bits per heavy atom. The zero-order valence-corrected chi connectivity index (χ0v) is 13.0. The van der Waals surface area contributed by atoms with Crippen molar-refractivity contribution in [3.05, 3.63) is 21.9 Å². The lowest BCUT2D eigenvalue weighted by Crippen LogP contribution is -2.42. The van der Waals surface area contributed by atoms with Gasteiger partial charge in [-0.05, 0) is 26.8 Å². The molecule has 1 aromatic heterocycles. The maximum absolute atomic E-state index is 11.8. The van der Waals surface area contributed by atoms with Crippen LogP contribution in [0.25, 0.3) is 0 Å². The SMILES string of the molecule is CC(C)(C)NC(=O)CCNC(=O)c1cc(Cl)nnc1Cl. The lowest BCUT2D eigenvalue weighted by molar-refractivity contribution is -0.122. The minimum atomic E-state index is -0.449. The average molecular weight is 319 g/mol. The third kappa shape index (κ3) is 5.71. The van der Waals surface area contributed by atoms with Gasteiger partial charge in [-0.3, -0.25) is 9.59 Å². The number of halogens is 2. The van der Waals surface area contributed by atoms with E-state index in [1.54, 1.807) is 0 Å². The van der Waals surface area contributed by atoms with E-state index in [0.29, 0.717) is 0 Å². The first-order valence-electron chi connectivity index (χ1n) is 5.97. The van der Waals surface area contributed by atoms with E-state index in [2.05, 4.69) is 20.8 Å². The Morgan fingerprint density at radius 1 is 1.25 bits per heavy atom. The normalized spacial score (nSPS) is 11.1. The summed E-state index contributed by atoms with van der Waals surface area (Å²) in [6, 6.07) is 1.32. The van der Waals surface area contributed by atoms with Gasteiger partial charge in [-0.15, -0.1) is 10.2 Å². The molecule has 0 aliphatic carbocycles. The molecule has 1 rings (SSSR count). The molecule has 1 heterocycles. The Labute approximate surface area is 127 Å². The van der Waals surface area contributed by atoms with Crippen LogP contribution in [0.4, 0.5) is 0 Å². The highest BCUT2D eigenvalue weighted by molar-refractivity contribution is 6.34. The van der Waals surface area contributed by atoms with Gasteiger partial charge in [-0.1, -0.05) is 23.2 Å². The van der Waals surface area contributed by atoms with Crippen LogP contribution in [-0.2, 0) is 4.79 Å². The van der Waals surface area contributed by atoms with Gasteiger partial charge >= 0.3 is 0 Å². The molecule has 0 radical (unpaired) electrons. The van der Waals surface area contributed by atoms with E-state index in [9.17, 15) is 9.59 Å². The van der Waals surface area contributed by atoms with Crippen LogP contribution >= 0.6 is 23.2 Å². The van der Waals surface area contributed by atoms with Gasteiger partial charge in [0.2, 0.25) is 5.91 Å². The van der Waals surface area contributed by atoms with Crippen molar-refractivity contribution in [1.82, 2.24) is 20.8 Å². The van der Waals surface area contributed by atoms with E-state index in [-0.39, 0.29) is 40.3 Å². The molecule has 110 valence electrons. The van der Waals surface area contributed by atoms with E-state index >= 15 is 0 Å². The fourth-order valence-electron chi connectivity index (χ4n) is 1.38. The molecule has 20 heavy (non-hydrogen) atoms. The van der Waals surface area contributed by atoms with Crippen LogP contribution in [0.2, 0.25) is 10.3 Å². The van der Waals surface area contributed by atoms with Crippen molar-refractivity contribution >= 4 is 35.0 Å². The average Bonchev–Trinajstić information content (AvgIpc) is 2.29. The molecule has 0 aliphatic rings. The molecule has 0 bridgehead atoms. The van der Waals surface area contributed by atoms with Crippen molar-refractivity contribution in [3.63, 3.8) is 0 Å². The summed E-state index contributed by atoms with van der Waals surface area (Å²) in [5.74, 6) is -0.592. The molecule has 0 spiro atoms. The first-order valence-corrected chi connectivity index (χ1v) is 6.72. The van der Waals surface area contributed by atoms with Crippen molar-refractivity contribution in [2.75, 3.05) is 6.54 Å². The number of carbonyl (C=O) groups excluding carboxylic acids is 2. The van der Waals surface area contributed by atoms with E-state index in [1.807, 2.05) is 20.8 Å². The minimum Gasteiger partial charge on any atom is -0.351 e. The Morgan fingerprint density at radius 2 is 1.90 bits per heavy atom. The highest BCUT2D eigenvalue weighted by atomic mass is 35.5. The molecule has 0 saturated carbocycles. The summed E-state index contributed by atoms with van der Waals surface area (Å²) in [7, 11) is 0. The Bertz CT molecular complexity index is 515. The van der Waals surface area contributed by atoms with Crippen molar-refractivity contribution in [1.29, 1.82) is 0 Å². The second-order valence-corrected chi connectivity index (χ2v) is 5.92. The van der Waals surface area contributed by atoms with Gasteiger partial charge in [0.15, 0.2) is 10.3 Å². The zero-order valence-electron chi connectivity index (χ0n) is 11.5. The molecule has 8 heteroatoms. The number of nitrogens with zero attached hydrogens (tertiary/aromatic N) is 2. The third-order valence-corrected chi connectivity index (χ3v) is 2.58. The highest BCUT2D eigenvalue weighted by Crippen LogP contribution is 2.14. The van der Waals surface area contributed by atoms with Crippen LogP contribution in [0.5, 0.6) is 0 Å². The number of carbonyl (C=O) groups is 2. The summed E-state index contributed by atoms with van der Waals surface area (Å²) >= 11 is 11.4. The smallest absolute Gasteiger partial charge is 0.254 e. The molecule has 6 nitrogen and oxygen atoms in total. The van der Waals surface area contributed by atoms with Crippen LogP contribution in [0.3, 0.4) is 0 Å². The molecule has 0 aliphatic heterocycles. The second-order valence-electron chi connectivity index (χ2n) is 5.18. The van der Waals surface area contributed by atoms with Gasteiger partial charge < -0.3 is 10.6 Å². The predicted octanol–water partition coefficient (Wildman–Crippen LogP) is 1.82. The molecule has 0 unspecified atom stereocenters. The molecule has 2 amide bonds. The lowest BCUT2D eigenvalue weighted by atomic mass is 10.1. The summed E-state index contributed by atoms with van der Waals surface area (Å²) in [6.45, 7) is 5.84. The van der Waals surface area contributed by atoms with Crippen LogP contribution in [0, 0.1) is 0 Å². The molecular formula is C12H16Cl2N4O2. The molecular weight excluding hydrogens is 303 g/mol. The summed E-state index contributed by atoms with van der Waals surface area (Å²) in [5.41, 5.74) is -0.171. The standard InChI is InChI=1S/C12H16Cl2N4O2/c1-12(2,3)16-9(19)4-5-15-11(20)7-6-8(13)17-18-10(7)14/h6H,4-5H2,1-3H3,(H,15,20)(H,16,19). The summed E-state index contributed by atoms with van der Waals surface area (Å²) < 4.78 is 0. The minimum absolute atomic E-state index is 0.0361. The molecule has 0 atom stereocenters. The van der Waals surface area contributed by atoms with E-state index in [1.165, 1.54) is 6.07 Å². The van der Waals surface area contributed by atoms with E-state index < -0.39 is 5.91 Å². The van der Waals surface area contributed by atoms with Crippen LogP contribution in [0.1, 0.15) is 37.6 Å². The van der Waals surface area contributed by atoms with Crippen LogP contribution < -0.4 is 10.6 Å². The number of nitrogens with one attached hydrogen (secondary N) is 2. The third-order valence-electron chi connectivity index (χ3n) is 2.12. The van der Waals surface area contributed by atoms with E-state index in [4.69, 9.17) is 23.2 Å². The van der Waals surface area contributed by atoms with Gasteiger partial charge in [-0.2, -0.15) is 0 Å². The maximum atomic E-state index is 11.8. The topological polar surface area (TPSA) is 84.0 Å². The number of aromatic nitrogens is 2. The predicted molar refractivity (Wildman–Crippen MR) is 76.9 cm³/mol.